The molecule has 1 amide bonds. The number of fused-ring (bicyclic) bond motifs is 3. The number of aryl methyl sites for hydroxylation is 1. The maximum absolute atomic E-state index is 12.7. The van der Waals surface area contributed by atoms with Crippen LogP contribution in [-0.4, -0.2) is 31.9 Å². The minimum Gasteiger partial charge on any atom is -0.332 e. The highest BCUT2D eigenvalue weighted by Gasteiger charge is 2.25. The highest BCUT2D eigenvalue weighted by atomic mass is 16.2. The fraction of sp³-hybridized carbons (Fsp3) is 0.211. The van der Waals surface area contributed by atoms with Crippen molar-refractivity contribution in [3.8, 4) is 16.8 Å². The van der Waals surface area contributed by atoms with Crippen molar-refractivity contribution in [2.75, 3.05) is 6.54 Å². The SMILES string of the molecule is CCN1Cc2ncc(-c3cccnc3C)cc2-n2cccc2C1=O. The molecule has 0 aromatic carbocycles. The van der Waals surface area contributed by atoms with E-state index in [0.29, 0.717) is 18.8 Å². The van der Waals surface area contributed by atoms with Crippen LogP contribution in [0.3, 0.4) is 0 Å². The van der Waals surface area contributed by atoms with Crippen LogP contribution in [0.2, 0.25) is 0 Å². The Morgan fingerprint density at radius 3 is 2.88 bits per heavy atom. The van der Waals surface area contributed by atoms with E-state index in [2.05, 4.69) is 16.0 Å². The number of hydrogen-bond donors (Lipinski definition) is 0. The molecule has 0 fully saturated rings. The number of rotatable bonds is 2. The monoisotopic (exact) mass is 318 g/mol. The number of carbonyl (C=O) groups excluding carboxylic acids is 1. The second-order valence-electron chi connectivity index (χ2n) is 5.91. The molecule has 0 spiro atoms. The summed E-state index contributed by atoms with van der Waals surface area (Å²) in [5.41, 5.74) is 5.58. The summed E-state index contributed by atoms with van der Waals surface area (Å²) in [4.78, 5) is 23.5. The van der Waals surface area contributed by atoms with Gasteiger partial charge in [-0.2, -0.15) is 0 Å². The molecular formula is C19H18N4O. The lowest BCUT2D eigenvalue weighted by molar-refractivity contribution is 0.0748. The smallest absolute Gasteiger partial charge is 0.271 e. The zero-order valence-electron chi connectivity index (χ0n) is 13.7. The highest BCUT2D eigenvalue weighted by molar-refractivity contribution is 5.94. The lowest BCUT2D eigenvalue weighted by Gasteiger charge is -2.17. The van der Waals surface area contributed by atoms with Crippen LogP contribution >= 0.6 is 0 Å². The molecule has 5 nitrogen and oxygen atoms in total. The molecule has 0 radical (unpaired) electrons. The molecule has 0 N–H and O–H groups in total. The summed E-state index contributed by atoms with van der Waals surface area (Å²) in [6, 6.07) is 9.84. The van der Waals surface area contributed by atoms with Crippen LogP contribution in [0.15, 0.2) is 48.9 Å². The Morgan fingerprint density at radius 1 is 1.21 bits per heavy atom. The maximum Gasteiger partial charge on any atom is 0.271 e. The number of aromatic nitrogens is 3. The molecule has 1 aliphatic rings. The van der Waals surface area contributed by atoms with Gasteiger partial charge in [-0.15, -0.1) is 0 Å². The normalized spacial score (nSPS) is 13.4. The van der Waals surface area contributed by atoms with E-state index < -0.39 is 0 Å². The predicted octanol–water partition coefficient (Wildman–Crippen LogP) is 3.22. The molecule has 4 heterocycles. The molecule has 24 heavy (non-hydrogen) atoms. The summed E-state index contributed by atoms with van der Waals surface area (Å²) in [6.45, 7) is 5.17. The van der Waals surface area contributed by atoms with Gasteiger partial charge in [-0.1, -0.05) is 6.07 Å². The van der Waals surface area contributed by atoms with E-state index in [0.717, 1.165) is 28.2 Å². The van der Waals surface area contributed by atoms with Gasteiger partial charge in [-0.05, 0) is 38.1 Å². The molecule has 3 aromatic heterocycles. The minimum atomic E-state index is 0.0413. The standard InChI is InChI=1S/C19H18N4O/c1-3-22-12-16-18(23-9-5-7-17(23)19(22)24)10-14(11-21-16)15-6-4-8-20-13(15)2/h4-11H,3,12H2,1-2H3. The van der Waals surface area contributed by atoms with E-state index in [9.17, 15) is 4.79 Å². The third-order valence-corrected chi connectivity index (χ3v) is 4.50. The Bertz CT molecular complexity index is 929. The third kappa shape index (κ3) is 2.21. The quantitative estimate of drug-likeness (QED) is 0.729. The first-order valence-electron chi connectivity index (χ1n) is 8.07. The van der Waals surface area contributed by atoms with E-state index in [1.807, 2.05) is 60.0 Å². The third-order valence-electron chi connectivity index (χ3n) is 4.50. The summed E-state index contributed by atoms with van der Waals surface area (Å²) in [7, 11) is 0. The highest BCUT2D eigenvalue weighted by Crippen LogP contribution is 2.29. The van der Waals surface area contributed by atoms with Crippen molar-refractivity contribution in [3.05, 3.63) is 66.0 Å². The summed E-state index contributed by atoms with van der Waals surface area (Å²) in [5.74, 6) is 0.0413. The second-order valence-corrected chi connectivity index (χ2v) is 5.91. The first-order valence-corrected chi connectivity index (χ1v) is 8.07. The summed E-state index contributed by atoms with van der Waals surface area (Å²) >= 11 is 0. The zero-order valence-corrected chi connectivity index (χ0v) is 13.7. The summed E-state index contributed by atoms with van der Waals surface area (Å²) < 4.78 is 1.94. The predicted molar refractivity (Wildman–Crippen MR) is 91.9 cm³/mol. The van der Waals surface area contributed by atoms with Gasteiger partial charge in [0.2, 0.25) is 0 Å². The zero-order chi connectivity index (χ0) is 16.7. The number of pyridine rings is 2. The van der Waals surface area contributed by atoms with Gasteiger partial charge in [0.15, 0.2) is 0 Å². The Kier molecular flexibility index (Phi) is 3.41. The minimum absolute atomic E-state index is 0.0413. The molecule has 0 unspecified atom stereocenters. The van der Waals surface area contributed by atoms with Crippen molar-refractivity contribution in [1.29, 1.82) is 0 Å². The van der Waals surface area contributed by atoms with Gasteiger partial charge in [0.05, 0.1) is 17.9 Å². The molecule has 0 bridgehead atoms. The Balaban J connectivity index is 1.92. The maximum atomic E-state index is 12.7. The van der Waals surface area contributed by atoms with E-state index in [4.69, 9.17) is 0 Å². The molecule has 0 aliphatic carbocycles. The Labute approximate surface area is 140 Å². The topological polar surface area (TPSA) is 51.0 Å². The van der Waals surface area contributed by atoms with Crippen LogP contribution in [-0.2, 0) is 6.54 Å². The first kappa shape index (κ1) is 14.6. The number of amides is 1. The molecule has 0 atom stereocenters. The van der Waals surface area contributed by atoms with Crippen LogP contribution in [0, 0.1) is 6.92 Å². The Hall–Kier alpha value is -2.95. The van der Waals surface area contributed by atoms with Gasteiger partial charge in [0.1, 0.15) is 5.69 Å². The number of hydrogen-bond acceptors (Lipinski definition) is 3. The molecule has 0 saturated heterocycles. The largest absolute Gasteiger partial charge is 0.332 e. The van der Waals surface area contributed by atoms with Gasteiger partial charge in [0, 0.05) is 42.0 Å². The van der Waals surface area contributed by atoms with Gasteiger partial charge in [0.25, 0.3) is 5.91 Å². The Morgan fingerprint density at radius 2 is 2.08 bits per heavy atom. The molecule has 4 rings (SSSR count). The fourth-order valence-corrected chi connectivity index (χ4v) is 3.18. The second kappa shape index (κ2) is 5.60. The van der Waals surface area contributed by atoms with Gasteiger partial charge in [-0.25, -0.2) is 0 Å². The van der Waals surface area contributed by atoms with Crippen molar-refractivity contribution in [1.82, 2.24) is 19.4 Å². The van der Waals surface area contributed by atoms with E-state index in [1.54, 1.807) is 6.20 Å². The first-order chi connectivity index (χ1) is 11.7. The average molecular weight is 318 g/mol. The molecular weight excluding hydrogens is 300 g/mol. The fourth-order valence-electron chi connectivity index (χ4n) is 3.18. The molecule has 120 valence electrons. The van der Waals surface area contributed by atoms with Gasteiger partial charge < -0.3 is 9.47 Å². The summed E-state index contributed by atoms with van der Waals surface area (Å²) in [6.07, 6.45) is 5.58. The summed E-state index contributed by atoms with van der Waals surface area (Å²) in [5, 5.41) is 0. The van der Waals surface area contributed by atoms with Crippen LogP contribution in [0.25, 0.3) is 16.8 Å². The van der Waals surface area contributed by atoms with Crippen molar-refractivity contribution >= 4 is 5.91 Å². The van der Waals surface area contributed by atoms with E-state index in [-0.39, 0.29) is 5.91 Å². The van der Waals surface area contributed by atoms with Gasteiger partial charge >= 0.3 is 0 Å². The van der Waals surface area contributed by atoms with Gasteiger partial charge in [-0.3, -0.25) is 14.8 Å². The van der Waals surface area contributed by atoms with Crippen molar-refractivity contribution in [2.45, 2.75) is 20.4 Å². The van der Waals surface area contributed by atoms with Crippen molar-refractivity contribution in [2.24, 2.45) is 0 Å². The van der Waals surface area contributed by atoms with Crippen LogP contribution in [0.5, 0.6) is 0 Å². The lowest BCUT2D eigenvalue weighted by Crippen LogP contribution is -2.29. The molecule has 1 aliphatic heterocycles. The van der Waals surface area contributed by atoms with E-state index >= 15 is 0 Å². The van der Waals surface area contributed by atoms with Crippen LogP contribution in [0.4, 0.5) is 0 Å². The number of carbonyl (C=O) groups is 1. The van der Waals surface area contributed by atoms with Crippen molar-refractivity contribution in [3.63, 3.8) is 0 Å². The number of nitrogens with zero attached hydrogens (tertiary/aromatic N) is 4. The van der Waals surface area contributed by atoms with Crippen LogP contribution < -0.4 is 0 Å². The lowest BCUT2D eigenvalue weighted by atomic mass is 10.1. The van der Waals surface area contributed by atoms with Crippen molar-refractivity contribution < 1.29 is 4.79 Å². The van der Waals surface area contributed by atoms with Crippen LogP contribution in [0.1, 0.15) is 28.8 Å². The molecule has 0 saturated carbocycles. The van der Waals surface area contributed by atoms with E-state index in [1.165, 1.54) is 0 Å². The molecule has 3 aromatic rings. The average Bonchev–Trinajstić information content (AvgIpc) is 3.05. The molecule has 5 heteroatoms.